The summed E-state index contributed by atoms with van der Waals surface area (Å²) in [4.78, 5) is 0. The number of hydrogen-bond acceptors (Lipinski definition) is 4. The molecule has 0 aromatic heterocycles. The van der Waals surface area contributed by atoms with Gasteiger partial charge in [-0.05, 0) is 54.1 Å². The first-order valence-corrected chi connectivity index (χ1v) is 8.03. The Bertz CT molecular complexity index is 878. The Hall–Kier alpha value is -3.03. The number of nitrogens with one attached hydrogen (secondary N) is 1. The second-order valence-corrected chi connectivity index (χ2v) is 5.68. The normalized spacial score (nSPS) is 11.3. The van der Waals surface area contributed by atoms with Gasteiger partial charge in [0.15, 0.2) is 0 Å². The van der Waals surface area contributed by atoms with Gasteiger partial charge in [0, 0.05) is 12.6 Å². The van der Waals surface area contributed by atoms with Gasteiger partial charge in [-0.3, -0.25) is 0 Å². The molecule has 4 nitrogen and oxygen atoms in total. The van der Waals surface area contributed by atoms with Crippen LogP contribution in [0.5, 0.6) is 23.0 Å². The van der Waals surface area contributed by atoms with Crippen molar-refractivity contribution in [3.63, 3.8) is 0 Å². The highest BCUT2D eigenvalue weighted by atomic mass is 19.4. The van der Waals surface area contributed by atoms with Crippen LogP contribution in [0, 0.1) is 0 Å². The van der Waals surface area contributed by atoms with Crippen molar-refractivity contribution in [1.29, 1.82) is 0 Å². The molecule has 0 saturated heterocycles. The summed E-state index contributed by atoms with van der Waals surface area (Å²) in [5.41, 5.74) is 2.24. The van der Waals surface area contributed by atoms with E-state index in [2.05, 4.69) is 5.48 Å². The lowest BCUT2D eigenvalue weighted by Crippen LogP contribution is -2.05. The van der Waals surface area contributed by atoms with Gasteiger partial charge < -0.3 is 14.7 Å². The molecule has 0 aliphatic rings. The lowest BCUT2D eigenvalue weighted by Gasteiger charge is -2.11. The first-order valence-electron chi connectivity index (χ1n) is 8.03. The number of benzene rings is 3. The molecule has 3 aromatic rings. The van der Waals surface area contributed by atoms with Crippen LogP contribution in [0.15, 0.2) is 72.8 Å². The number of hydrogen-bond donors (Lipinski definition) is 2. The number of ether oxygens (including phenoxy) is 2. The largest absolute Gasteiger partial charge is 0.457 e. The first-order chi connectivity index (χ1) is 12.9. The van der Waals surface area contributed by atoms with Crippen molar-refractivity contribution in [3.8, 4) is 23.0 Å². The van der Waals surface area contributed by atoms with Crippen LogP contribution in [0.3, 0.4) is 0 Å². The molecule has 0 atom stereocenters. The molecule has 140 valence electrons. The van der Waals surface area contributed by atoms with E-state index in [-0.39, 0.29) is 0 Å². The molecule has 0 fully saturated rings. The highest BCUT2D eigenvalue weighted by Gasteiger charge is 2.30. The molecule has 2 N–H and O–H groups in total. The van der Waals surface area contributed by atoms with Crippen LogP contribution < -0.4 is 15.0 Å². The van der Waals surface area contributed by atoms with Gasteiger partial charge in [-0.1, -0.05) is 18.2 Å². The van der Waals surface area contributed by atoms with Crippen LogP contribution in [-0.2, 0) is 12.7 Å². The van der Waals surface area contributed by atoms with Crippen molar-refractivity contribution >= 4 is 0 Å². The van der Waals surface area contributed by atoms with E-state index in [1.807, 2.05) is 0 Å². The molecule has 3 aromatic carbocycles. The third-order valence-corrected chi connectivity index (χ3v) is 3.67. The minimum absolute atomic E-state index is 0.293. The summed E-state index contributed by atoms with van der Waals surface area (Å²) in [6, 6.07) is 18.4. The van der Waals surface area contributed by atoms with E-state index in [0.717, 1.165) is 17.7 Å². The quantitative estimate of drug-likeness (QED) is 0.537. The fourth-order valence-corrected chi connectivity index (χ4v) is 2.35. The third-order valence-electron chi connectivity index (χ3n) is 3.67. The van der Waals surface area contributed by atoms with Gasteiger partial charge in [-0.2, -0.15) is 13.2 Å². The summed E-state index contributed by atoms with van der Waals surface area (Å²) in [5, 5.41) is 8.68. The summed E-state index contributed by atoms with van der Waals surface area (Å²) in [6.45, 7) is 0.330. The van der Waals surface area contributed by atoms with Crippen LogP contribution >= 0.6 is 0 Å². The van der Waals surface area contributed by atoms with Crippen LogP contribution in [0.2, 0.25) is 0 Å². The maximum absolute atomic E-state index is 12.6. The third kappa shape index (κ3) is 5.22. The van der Waals surface area contributed by atoms with E-state index in [1.165, 1.54) is 12.1 Å². The van der Waals surface area contributed by atoms with Crippen molar-refractivity contribution in [2.24, 2.45) is 0 Å². The average Bonchev–Trinajstić information content (AvgIpc) is 2.64. The lowest BCUT2D eigenvalue weighted by atomic mass is 10.2. The summed E-state index contributed by atoms with van der Waals surface area (Å²) in [7, 11) is 0. The predicted octanol–water partition coefficient (Wildman–Crippen LogP) is 5.77. The molecule has 0 bridgehead atoms. The Labute approximate surface area is 153 Å². The smallest absolute Gasteiger partial charge is 0.416 e. The Morgan fingerprint density at radius 2 is 1.26 bits per heavy atom. The standard InChI is InChI=1S/C20H16F3NO3/c21-20(22,23)15-6-10-17(11-7-15)27-19-3-1-2-18(12-19)26-16-8-4-14(5-9-16)13-24-25/h1-12,24-25H,13H2. The van der Waals surface area contributed by atoms with Crippen molar-refractivity contribution in [2.75, 3.05) is 0 Å². The van der Waals surface area contributed by atoms with Crippen molar-refractivity contribution in [3.05, 3.63) is 83.9 Å². The zero-order valence-electron chi connectivity index (χ0n) is 14.0. The van der Waals surface area contributed by atoms with Crippen molar-refractivity contribution in [1.82, 2.24) is 5.48 Å². The van der Waals surface area contributed by atoms with E-state index in [9.17, 15) is 13.2 Å². The van der Waals surface area contributed by atoms with E-state index >= 15 is 0 Å². The Kier molecular flexibility index (Phi) is 5.63. The molecule has 0 aliphatic carbocycles. The second kappa shape index (κ2) is 8.11. The van der Waals surface area contributed by atoms with E-state index in [0.29, 0.717) is 29.5 Å². The summed E-state index contributed by atoms with van der Waals surface area (Å²) < 4.78 is 49.1. The van der Waals surface area contributed by atoms with Crippen LogP contribution in [-0.4, -0.2) is 5.21 Å². The SMILES string of the molecule is ONCc1ccc(Oc2cccc(Oc3ccc(C(F)(F)F)cc3)c2)cc1. The predicted molar refractivity (Wildman–Crippen MR) is 93.1 cm³/mol. The van der Waals surface area contributed by atoms with E-state index < -0.39 is 11.7 Å². The minimum Gasteiger partial charge on any atom is -0.457 e. The maximum atomic E-state index is 12.6. The molecule has 0 radical (unpaired) electrons. The molecule has 7 heteroatoms. The van der Waals surface area contributed by atoms with E-state index in [1.54, 1.807) is 48.5 Å². The Morgan fingerprint density at radius 1 is 0.741 bits per heavy atom. The molecule has 3 rings (SSSR count). The van der Waals surface area contributed by atoms with Gasteiger partial charge in [-0.25, -0.2) is 5.48 Å². The summed E-state index contributed by atoms with van der Waals surface area (Å²) in [5.74, 6) is 1.85. The fraction of sp³-hybridized carbons (Fsp3) is 0.100. The first kappa shape index (κ1) is 18.8. The Balaban J connectivity index is 1.68. The molecule has 0 unspecified atom stereocenters. The molecular formula is C20H16F3NO3. The van der Waals surface area contributed by atoms with Gasteiger partial charge >= 0.3 is 6.18 Å². The summed E-state index contributed by atoms with van der Waals surface area (Å²) >= 11 is 0. The molecule has 0 saturated carbocycles. The van der Waals surface area contributed by atoms with Gasteiger partial charge in [0.2, 0.25) is 0 Å². The molecule has 0 spiro atoms. The number of alkyl halides is 3. The highest BCUT2D eigenvalue weighted by molar-refractivity contribution is 5.40. The molecule has 0 aliphatic heterocycles. The number of hydroxylamine groups is 1. The number of halogens is 3. The zero-order chi connectivity index (χ0) is 19.3. The molecule has 0 amide bonds. The highest BCUT2D eigenvalue weighted by Crippen LogP contribution is 2.32. The lowest BCUT2D eigenvalue weighted by molar-refractivity contribution is -0.137. The van der Waals surface area contributed by atoms with Gasteiger partial charge in [0.25, 0.3) is 0 Å². The van der Waals surface area contributed by atoms with Crippen LogP contribution in [0.1, 0.15) is 11.1 Å². The zero-order valence-corrected chi connectivity index (χ0v) is 14.0. The minimum atomic E-state index is -4.38. The van der Waals surface area contributed by atoms with E-state index in [4.69, 9.17) is 14.7 Å². The number of rotatable bonds is 6. The fourth-order valence-electron chi connectivity index (χ4n) is 2.35. The van der Waals surface area contributed by atoms with Crippen LogP contribution in [0.25, 0.3) is 0 Å². The maximum Gasteiger partial charge on any atom is 0.416 e. The second-order valence-electron chi connectivity index (χ2n) is 5.68. The summed E-state index contributed by atoms with van der Waals surface area (Å²) in [6.07, 6.45) is -4.38. The van der Waals surface area contributed by atoms with Crippen molar-refractivity contribution in [2.45, 2.75) is 12.7 Å². The Morgan fingerprint density at radius 3 is 1.74 bits per heavy atom. The average molecular weight is 375 g/mol. The monoisotopic (exact) mass is 375 g/mol. The van der Waals surface area contributed by atoms with Gasteiger partial charge in [0.05, 0.1) is 5.56 Å². The molecule has 0 heterocycles. The van der Waals surface area contributed by atoms with Crippen LogP contribution in [0.4, 0.5) is 13.2 Å². The van der Waals surface area contributed by atoms with Gasteiger partial charge in [-0.15, -0.1) is 0 Å². The van der Waals surface area contributed by atoms with Gasteiger partial charge in [0.1, 0.15) is 23.0 Å². The molecule has 27 heavy (non-hydrogen) atoms. The molecular weight excluding hydrogens is 359 g/mol. The topological polar surface area (TPSA) is 50.7 Å². The van der Waals surface area contributed by atoms with Crippen molar-refractivity contribution < 1.29 is 27.9 Å².